The van der Waals surface area contributed by atoms with Crippen LogP contribution >= 0.6 is 11.9 Å². The van der Waals surface area contributed by atoms with Gasteiger partial charge in [-0.3, -0.25) is 4.72 Å². The molecule has 0 bridgehead atoms. The molecule has 0 saturated carbocycles. The summed E-state index contributed by atoms with van der Waals surface area (Å²) in [5.74, 6) is 0. The molecule has 6 nitrogen and oxygen atoms in total. The highest BCUT2D eigenvalue weighted by molar-refractivity contribution is 8.01. The van der Waals surface area contributed by atoms with Gasteiger partial charge in [0.25, 0.3) is 0 Å². The van der Waals surface area contributed by atoms with Crippen molar-refractivity contribution >= 4 is 34.5 Å². The van der Waals surface area contributed by atoms with Crippen LogP contribution in [-0.4, -0.2) is 48.3 Å². The number of rotatable bonds is 7. The van der Waals surface area contributed by atoms with Crippen LogP contribution in [0.5, 0.6) is 0 Å². The van der Waals surface area contributed by atoms with Crippen LogP contribution in [0.3, 0.4) is 0 Å². The van der Waals surface area contributed by atoms with Crippen molar-refractivity contribution in [2.45, 2.75) is 38.7 Å². The van der Waals surface area contributed by atoms with Gasteiger partial charge in [-0.2, -0.15) is 5.26 Å². The minimum atomic E-state index is -0.994. The van der Waals surface area contributed by atoms with E-state index in [0.29, 0.717) is 11.3 Å². The molecular formula is C22H27N3O3S. The van der Waals surface area contributed by atoms with Crippen LogP contribution in [0.1, 0.15) is 25.8 Å². The maximum Gasteiger partial charge on any atom is 0.171 e. The molecule has 0 aromatic heterocycles. The zero-order chi connectivity index (χ0) is 20.8. The standard InChI is InChI=1S/C22H27N3O3S/c1-3-25(4-2)18-8-7-16-9-15(5-6-17(16)11-18)10-20(13-23)29-24-21-12-19(26)14-28-22(21)27/h5-11,19,21-22,24,26-27H,3-4,12,14H2,1-2H3/b20-10+/t19?,21-,22?/m1/s1. The van der Waals surface area contributed by atoms with Gasteiger partial charge in [-0.05, 0) is 72.8 Å². The topological polar surface area (TPSA) is 88.8 Å². The molecule has 0 radical (unpaired) electrons. The fourth-order valence-electron chi connectivity index (χ4n) is 3.41. The third-order valence-corrected chi connectivity index (χ3v) is 5.88. The molecule has 1 fully saturated rings. The molecule has 3 N–H and O–H groups in total. The number of allylic oxidation sites excluding steroid dienone is 1. The third kappa shape index (κ3) is 5.50. The van der Waals surface area contributed by atoms with Crippen LogP contribution in [-0.2, 0) is 4.74 Å². The molecule has 2 aromatic carbocycles. The van der Waals surface area contributed by atoms with Crippen molar-refractivity contribution in [1.82, 2.24) is 4.72 Å². The van der Waals surface area contributed by atoms with E-state index >= 15 is 0 Å². The number of hydrogen-bond acceptors (Lipinski definition) is 7. The van der Waals surface area contributed by atoms with Crippen molar-refractivity contribution < 1.29 is 14.9 Å². The predicted molar refractivity (Wildman–Crippen MR) is 118 cm³/mol. The number of fused-ring (bicyclic) bond motifs is 1. The normalized spacial score (nSPS) is 22.4. The van der Waals surface area contributed by atoms with Gasteiger partial charge in [-0.15, -0.1) is 0 Å². The Bertz CT molecular complexity index is 908. The van der Waals surface area contributed by atoms with E-state index in [1.54, 1.807) is 0 Å². The molecule has 0 aliphatic carbocycles. The fraction of sp³-hybridized carbons (Fsp3) is 0.409. The van der Waals surface area contributed by atoms with E-state index in [1.807, 2.05) is 12.1 Å². The second-order valence-electron chi connectivity index (χ2n) is 7.02. The molecule has 2 aromatic rings. The number of benzene rings is 2. The number of aliphatic hydroxyl groups excluding tert-OH is 2. The molecule has 154 valence electrons. The average Bonchev–Trinajstić information content (AvgIpc) is 2.74. The van der Waals surface area contributed by atoms with Crippen LogP contribution in [0.25, 0.3) is 16.8 Å². The Hall–Kier alpha value is -2.08. The Morgan fingerprint density at radius 2 is 1.97 bits per heavy atom. The summed E-state index contributed by atoms with van der Waals surface area (Å²) >= 11 is 1.14. The number of nitriles is 1. The molecule has 3 atom stereocenters. The highest BCUT2D eigenvalue weighted by atomic mass is 32.2. The van der Waals surface area contributed by atoms with E-state index in [4.69, 9.17) is 4.74 Å². The first-order chi connectivity index (χ1) is 14.0. The van der Waals surface area contributed by atoms with Gasteiger partial charge in [0.2, 0.25) is 0 Å². The number of aliphatic hydroxyl groups is 2. The Morgan fingerprint density at radius 3 is 2.69 bits per heavy atom. The summed E-state index contributed by atoms with van der Waals surface area (Å²) in [5.41, 5.74) is 2.14. The first kappa shape index (κ1) is 21.6. The van der Waals surface area contributed by atoms with Gasteiger partial charge in [0, 0.05) is 18.8 Å². The van der Waals surface area contributed by atoms with Gasteiger partial charge in [0.05, 0.1) is 18.8 Å². The molecule has 7 heteroatoms. The van der Waals surface area contributed by atoms with Gasteiger partial charge < -0.3 is 19.8 Å². The molecule has 3 rings (SSSR count). The largest absolute Gasteiger partial charge is 0.391 e. The van der Waals surface area contributed by atoms with Crippen LogP contribution in [0, 0.1) is 11.3 Å². The van der Waals surface area contributed by atoms with Crippen LogP contribution < -0.4 is 9.62 Å². The third-order valence-electron chi connectivity index (χ3n) is 5.03. The molecule has 2 unspecified atom stereocenters. The fourth-order valence-corrected chi connectivity index (χ4v) is 4.14. The second-order valence-corrected chi connectivity index (χ2v) is 7.90. The maximum absolute atomic E-state index is 9.86. The van der Waals surface area contributed by atoms with E-state index in [0.717, 1.165) is 41.4 Å². The van der Waals surface area contributed by atoms with Gasteiger partial charge in [0.15, 0.2) is 6.29 Å². The summed E-state index contributed by atoms with van der Waals surface area (Å²) in [6.45, 7) is 6.36. The summed E-state index contributed by atoms with van der Waals surface area (Å²) in [6.07, 6.45) is 0.568. The number of nitrogens with zero attached hydrogens (tertiary/aromatic N) is 2. The molecule has 1 aliphatic heterocycles. The SMILES string of the molecule is CCN(CC)c1ccc2cc(/C=C(\C#N)SN[C@@H]3CC(O)COC3O)ccc2c1. The molecule has 1 aliphatic rings. The minimum Gasteiger partial charge on any atom is -0.391 e. The summed E-state index contributed by atoms with van der Waals surface area (Å²) in [4.78, 5) is 2.78. The molecule has 1 saturated heterocycles. The predicted octanol–water partition coefficient (Wildman–Crippen LogP) is 3.26. The quantitative estimate of drug-likeness (QED) is 0.474. The Kier molecular flexibility index (Phi) is 7.53. The van der Waals surface area contributed by atoms with Crippen molar-refractivity contribution in [2.24, 2.45) is 0 Å². The van der Waals surface area contributed by atoms with E-state index in [-0.39, 0.29) is 6.61 Å². The molecule has 0 amide bonds. The maximum atomic E-state index is 9.86. The summed E-state index contributed by atoms with van der Waals surface area (Å²) < 4.78 is 8.13. The number of ether oxygens (including phenoxy) is 1. The first-order valence-corrected chi connectivity index (χ1v) is 10.7. The van der Waals surface area contributed by atoms with Crippen LogP contribution in [0.2, 0.25) is 0 Å². The minimum absolute atomic E-state index is 0.123. The zero-order valence-corrected chi connectivity index (χ0v) is 17.5. The monoisotopic (exact) mass is 413 g/mol. The number of nitrogens with one attached hydrogen (secondary N) is 1. The van der Waals surface area contributed by atoms with Crippen molar-refractivity contribution in [2.75, 3.05) is 24.6 Å². The highest BCUT2D eigenvalue weighted by Crippen LogP contribution is 2.26. The van der Waals surface area contributed by atoms with Gasteiger partial charge in [0.1, 0.15) is 11.0 Å². The van der Waals surface area contributed by atoms with Gasteiger partial charge in [-0.1, -0.05) is 18.2 Å². The number of anilines is 1. The summed E-state index contributed by atoms with van der Waals surface area (Å²) in [5, 5.41) is 31.3. The Balaban J connectivity index is 1.73. The van der Waals surface area contributed by atoms with Crippen LogP contribution in [0.4, 0.5) is 5.69 Å². The van der Waals surface area contributed by atoms with Crippen molar-refractivity contribution in [3.8, 4) is 6.07 Å². The van der Waals surface area contributed by atoms with Gasteiger partial charge >= 0.3 is 0 Å². The smallest absolute Gasteiger partial charge is 0.171 e. The van der Waals surface area contributed by atoms with Crippen molar-refractivity contribution in [3.05, 3.63) is 46.9 Å². The van der Waals surface area contributed by atoms with E-state index < -0.39 is 18.4 Å². The molecule has 29 heavy (non-hydrogen) atoms. The lowest BCUT2D eigenvalue weighted by molar-refractivity contribution is -0.168. The highest BCUT2D eigenvalue weighted by Gasteiger charge is 2.29. The Labute approximate surface area is 175 Å². The number of hydrogen-bond donors (Lipinski definition) is 3. The lowest BCUT2D eigenvalue weighted by Crippen LogP contribution is -2.46. The molecular weight excluding hydrogens is 386 g/mol. The Morgan fingerprint density at radius 1 is 1.24 bits per heavy atom. The van der Waals surface area contributed by atoms with Gasteiger partial charge in [-0.25, -0.2) is 0 Å². The lowest BCUT2D eigenvalue weighted by atomic mass is 10.1. The zero-order valence-electron chi connectivity index (χ0n) is 16.7. The van der Waals surface area contributed by atoms with Crippen molar-refractivity contribution in [3.63, 3.8) is 0 Å². The first-order valence-electron chi connectivity index (χ1n) is 9.84. The van der Waals surface area contributed by atoms with E-state index in [2.05, 4.69) is 59.9 Å². The molecule has 0 spiro atoms. The molecule has 1 heterocycles. The van der Waals surface area contributed by atoms with E-state index in [1.165, 1.54) is 5.69 Å². The summed E-state index contributed by atoms with van der Waals surface area (Å²) in [6, 6.07) is 14.3. The average molecular weight is 414 g/mol. The lowest BCUT2D eigenvalue weighted by Gasteiger charge is -2.30. The van der Waals surface area contributed by atoms with E-state index in [9.17, 15) is 15.5 Å². The van der Waals surface area contributed by atoms with Crippen LogP contribution in [0.15, 0.2) is 41.3 Å². The van der Waals surface area contributed by atoms with Crippen molar-refractivity contribution in [1.29, 1.82) is 5.26 Å². The second kappa shape index (κ2) is 10.1. The summed E-state index contributed by atoms with van der Waals surface area (Å²) in [7, 11) is 0.